The number of Topliss-reactive ketones (excluding diaryl/α,β-unsaturated/α-hetero) is 2. The second kappa shape index (κ2) is 10.8. The number of alkyl halides is 3. The number of halogens is 3. The molecule has 0 aliphatic carbocycles. The van der Waals surface area contributed by atoms with E-state index in [2.05, 4.69) is 0 Å². The lowest BCUT2D eigenvalue weighted by atomic mass is 9.79. The van der Waals surface area contributed by atoms with Crippen LogP contribution < -0.4 is 4.74 Å². The van der Waals surface area contributed by atoms with Crippen LogP contribution in [0.2, 0.25) is 0 Å². The number of carboxylic acids is 1. The molecule has 2 aliphatic heterocycles. The molecule has 0 saturated heterocycles. The summed E-state index contributed by atoms with van der Waals surface area (Å²) in [7, 11) is 1.54. The quantitative estimate of drug-likeness (QED) is 0.289. The maximum Gasteiger partial charge on any atom is 0.389 e. The fraction of sp³-hybridized carbons (Fsp3) is 0.560. The van der Waals surface area contributed by atoms with Crippen molar-refractivity contribution in [3.05, 3.63) is 40.6 Å². The first kappa shape index (κ1) is 26.7. The van der Waals surface area contributed by atoms with Crippen molar-refractivity contribution in [3.8, 4) is 5.75 Å². The van der Waals surface area contributed by atoms with E-state index in [9.17, 15) is 32.7 Å². The van der Waals surface area contributed by atoms with Crippen molar-refractivity contribution in [1.29, 1.82) is 0 Å². The third-order valence-electron chi connectivity index (χ3n) is 6.42. The minimum atomic E-state index is -4.47. The van der Waals surface area contributed by atoms with Gasteiger partial charge in [0.15, 0.2) is 11.6 Å². The fourth-order valence-electron chi connectivity index (χ4n) is 4.62. The van der Waals surface area contributed by atoms with Gasteiger partial charge in [-0.25, -0.2) is 4.79 Å². The molecule has 2 aliphatic rings. The molecule has 0 radical (unpaired) electrons. The lowest BCUT2D eigenvalue weighted by molar-refractivity contribution is -0.136. The third kappa shape index (κ3) is 6.22. The largest absolute Gasteiger partial charge is 0.493 e. The zero-order valence-electron chi connectivity index (χ0n) is 20.0. The van der Waals surface area contributed by atoms with E-state index in [0.717, 1.165) is 5.56 Å². The second-order valence-electron chi connectivity index (χ2n) is 9.23. The summed E-state index contributed by atoms with van der Waals surface area (Å²) in [5, 5.41) is 9.44. The molecule has 35 heavy (non-hydrogen) atoms. The van der Waals surface area contributed by atoms with Crippen LogP contribution in [-0.4, -0.2) is 60.1 Å². The second-order valence-corrected chi connectivity index (χ2v) is 9.23. The number of carbonyl (C=O) groups is 3. The van der Waals surface area contributed by atoms with Crippen molar-refractivity contribution in [3.63, 3.8) is 0 Å². The summed E-state index contributed by atoms with van der Waals surface area (Å²) >= 11 is 0. The zero-order chi connectivity index (χ0) is 25.9. The number of benzene rings is 1. The van der Waals surface area contributed by atoms with Crippen molar-refractivity contribution in [2.24, 2.45) is 5.92 Å². The fourth-order valence-corrected chi connectivity index (χ4v) is 4.62. The van der Waals surface area contributed by atoms with E-state index in [1.165, 1.54) is 12.3 Å². The number of hydrogen-bond acceptors (Lipinski definition) is 6. The number of ketones is 2. The van der Waals surface area contributed by atoms with Gasteiger partial charge in [0.25, 0.3) is 0 Å². The van der Waals surface area contributed by atoms with E-state index in [4.69, 9.17) is 9.47 Å². The molecule has 0 aromatic heterocycles. The van der Waals surface area contributed by atoms with Crippen molar-refractivity contribution < 1.29 is 42.1 Å². The molecule has 2 heterocycles. The molecule has 192 valence electrons. The van der Waals surface area contributed by atoms with Crippen LogP contribution in [-0.2, 0) is 20.7 Å². The number of rotatable bonds is 10. The Kier molecular flexibility index (Phi) is 8.25. The van der Waals surface area contributed by atoms with Crippen molar-refractivity contribution >= 4 is 17.5 Å². The Morgan fingerprint density at radius 3 is 2.51 bits per heavy atom. The monoisotopic (exact) mass is 497 g/mol. The number of nitrogens with zero attached hydrogens (tertiary/aromatic N) is 1. The maximum atomic E-state index is 12.9. The molecule has 1 aromatic rings. The molecule has 2 atom stereocenters. The molecule has 3 rings (SSSR count). The van der Waals surface area contributed by atoms with Gasteiger partial charge in [0.1, 0.15) is 11.3 Å². The number of hydrogen-bond donors (Lipinski definition) is 1. The van der Waals surface area contributed by atoms with Gasteiger partial charge < -0.3 is 19.5 Å². The Balaban J connectivity index is 2.05. The number of carbonyl (C=O) groups excluding carboxylic acids is 2. The smallest absolute Gasteiger partial charge is 0.389 e. The highest BCUT2D eigenvalue weighted by atomic mass is 19.4. The minimum Gasteiger partial charge on any atom is -0.493 e. The van der Waals surface area contributed by atoms with E-state index in [-0.39, 0.29) is 41.9 Å². The van der Waals surface area contributed by atoms with Gasteiger partial charge in [-0.05, 0) is 35.6 Å². The maximum absolute atomic E-state index is 12.9. The van der Waals surface area contributed by atoms with E-state index in [1.807, 2.05) is 18.7 Å². The molecule has 0 bridgehead atoms. The van der Waals surface area contributed by atoms with Crippen molar-refractivity contribution in [1.82, 2.24) is 4.90 Å². The van der Waals surface area contributed by atoms with E-state index in [1.54, 1.807) is 13.2 Å². The Morgan fingerprint density at radius 1 is 1.20 bits per heavy atom. The van der Waals surface area contributed by atoms with Crippen LogP contribution in [0.4, 0.5) is 13.2 Å². The van der Waals surface area contributed by atoms with Gasteiger partial charge in [-0.3, -0.25) is 9.59 Å². The Hall–Kier alpha value is -2.88. The highest BCUT2D eigenvalue weighted by Gasteiger charge is 2.41. The van der Waals surface area contributed by atoms with Gasteiger partial charge in [0.2, 0.25) is 0 Å². The van der Waals surface area contributed by atoms with Crippen LogP contribution in [0.5, 0.6) is 5.75 Å². The van der Waals surface area contributed by atoms with Gasteiger partial charge in [-0.2, -0.15) is 13.2 Å². The summed E-state index contributed by atoms with van der Waals surface area (Å²) in [5.41, 5.74) is 1.21. The summed E-state index contributed by atoms with van der Waals surface area (Å²) < 4.78 is 49.2. The number of ether oxygens (including phenoxy) is 2. The van der Waals surface area contributed by atoms with Gasteiger partial charge in [-0.1, -0.05) is 13.8 Å². The predicted molar refractivity (Wildman–Crippen MR) is 120 cm³/mol. The van der Waals surface area contributed by atoms with Crippen molar-refractivity contribution in [2.75, 3.05) is 20.3 Å². The van der Waals surface area contributed by atoms with Crippen LogP contribution >= 0.6 is 0 Å². The minimum absolute atomic E-state index is 0.0359. The van der Waals surface area contributed by atoms with Gasteiger partial charge in [-0.15, -0.1) is 0 Å². The Labute approximate surface area is 201 Å². The molecular weight excluding hydrogens is 467 g/mol. The molecule has 2 unspecified atom stereocenters. The summed E-state index contributed by atoms with van der Waals surface area (Å²) in [6.07, 6.45) is -4.13. The lowest BCUT2D eigenvalue weighted by Gasteiger charge is -2.46. The molecule has 0 saturated carbocycles. The summed E-state index contributed by atoms with van der Waals surface area (Å²) in [5.74, 6) is -2.20. The number of aliphatic carboxylic acids is 1. The molecule has 7 nitrogen and oxygen atoms in total. The van der Waals surface area contributed by atoms with E-state index >= 15 is 0 Å². The van der Waals surface area contributed by atoms with Crippen molar-refractivity contribution in [2.45, 2.75) is 64.2 Å². The summed E-state index contributed by atoms with van der Waals surface area (Å²) in [6.45, 7) is 4.64. The standard InChI is InChI=1S/C25H30F3NO6/c1-14(2)19-9-15-10-23(35-8-4-7-34-3)17(21(30)5-6-25(26,27)28)11-16(15)20-12-22(31)18(24(32)33)13-29(19)20/h10-11,13-14,19-20H,4-9,12H2,1-3H3,(H,32,33). The van der Waals surface area contributed by atoms with Gasteiger partial charge >= 0.3 is 12.1 Å². The zero-order valence-corrected chi connectivity index (χ0v) is 20.0. The van der Waals surface area contributed by atoms with E-state index < -0.39 is 42.6 Å². The lowest BCUT2D eigenvalue weighted by Crippen LogP contribution is -2.47. The molecule has 0 amide bonds. The number of methoxy groups -OCH3 is 1. The third-order valence-corrected chi connectivity index (χ3v) is 6.42. The first-order valence-electron chi connectivity index (χ1n) is 11.6. The Bertz CT molecular complexity index is 1020. The molecule has 1 N–H and O–H groups in total. The average Bonchev–Trinajstić information content (AvgIpc) is 2.78. The highest BCUT2D eigenvalue weighted by molar-refractivity contribution is 6.17. The number of carboxylic acid groups (broad SMARTS) is 1. The normalized spacial score (nSPS) is 19.8. The topological polar surface area (TPSA) is 93.1 Å². The van der Waals surface area contributed by atoms with Crippen LogP contribution in [0.15, 0.2) is 23.9 Å². The number of fused-ring (bicyclic) bond motifs is 3. The Morgan fingerprint density at radius 2 is 1.91 bits per heavy atom. The van der Waals surface area contributed by atoms with Crippen LogP contribution in [0.25, 0.3) is 0 Å². The van der Waals surface area contributed by atoms with Crippen LogP contribution in [0.3, 0.4) is 0 Å². The molecule has 0 fully saturated rings. The first-order chi connectivity index (χ1) is 16.4. The van der Waals surface area contributed by atoms with Crippen LogP contribution in [0.1, 0.15) is 67.1 Å². The van der Waals surface area contributed by atoms with Gasteiger partial charge in [0, 0.05) is 45.2 Å². The summed E-state index contributed by atoms with van der Waals surface area (Å²) in [4.78, 5) is 38.8. The molecule has 1 aromatic carbocycles. The SMILES string of the molecule is COCCCOc1cc2c(cc1C(=O)CCC(F)(F)F)C1CC(=O)C(C(=O)O)=CN1C(C(C)C)C2. The molecule has 10 heteroatoms. The molecule has 0 spiro atoms. The molecular formula is C25H30F3NO6. The first-order valence-corrected chi connectivity index (χ1v) is 11.6. The van der Waals surface area contributed by atoms with E-state index in [0.29, 0.717) is 25.0 Å². The van der Waals surface area contributed by atoms with Crippen LogP contribution in [0, 0.1) is 5.92 Å². The van der Waals surface area contributed by atoms with Gasteiger partial charge in [0.05, 0.1) is 24.6 Å². The summed E-state index contributed by atoms with van der Waals surface area (Å²) in [6, 6.07) is 2.60. The average molecular weight is 498 g/mol. The highest BCUT2D eigenvalue weighted by Crippen LogP contribution is 2.43. The predicted octanol–water partition coefficient (Wildman–Crippen LogP) is 4.49.